The summed E-state index contributed by atoms with van der Waals surface area (Å²) in [6, 6.07) is 6.17. The molecule has 12 heteroatoms. The first-order valence-corrected chi connectivity index (χ1v) is 13.3. The number of amides is 2. The SMILES string of the molecule is CC1(NC(=O)[C@@H]2C[C@@H](S(=O)(=O)c3ccc(-n4cccn4)cc3Cl)C[C@H]2C(=O)N2CC(F)(F)C2)CC1. The lowest BCUT2D eigenvalue weighted by molar-refractivity contribution is -0.171. The number of nitrogens with one attached hydrogen (secondary N) is 1. The van der Waals surface area contributed by atoms with E-state index >= 15 is 0 Å². The highest BCUT2D eigenvalue weighted by molar-refractivity contribution is 7.92. The maximum atomic E-state index is 13.6. The van der Waals surface area contributed by atoms with E-state index in [2.05, 4.69) is 10.4 Å². The molecule has 0 spiro atoms. The maximum absolute atomic E-state index is 13.6. The number of hydrogen-bond donors (Lipinski definition) is 1. The van der Waals surface area contributed by atoms with Crippen LogP contribution in [0.25, 0.3) is 5.69 Å². The standard InChI is InChI=1S/C23H25ClF2N4O4S/c1-22(5-6-22)28-20(31)16-10-15(11-17(16)21(32)29-12-23(25,26)13-29)35(33,34)19-4-3-14(9-18(19)24)30-8-2-7-27-30/h2-4,7-9,15-17H,5-6,10-13H2,1H3,(H,28,31)/t15-,16-,17-/m1/s1. The molecule has 1 N–H and O–H groups in total. The number of halogens is 3. The van der Waals surface area contributed by atoms with Crippen molar-refractivity contribution in [1.82, 2.24) is 20.0 Å². The Kier molecular flexibility index (Phi) is 5.71. The van der Waals surface area contributed by atoms with Crippen molar-refractivity contribution in [3.8, 4) is 5.69 Å². The minimum atomic E-state index is -4.01. The number of likely N-dealkylation sites (tertiary alicyclic amines) is 1. The van der Waals surface area contributed by atoms with Crippen molar-refractivity contribution in [1.29, 1.82) is 0 Å². The van der Waals surface area contributed by atoms with Gasteiger partial charge < -0.3 is 10.2 Å². The third-order valence-electron chi connectivity index (χ3n) is 7.18. The summed E-state index contributed by atoms with van der Waals surface area (Å²) >= 11 is 6.36. The Hall–Kier alpha value is -2.53. The van der Waals surface area contributed by atoms with Crippen molar-refractivity contribution in [3.05, 3.63) is 41.7 Å². The van der Waals surface area contributed by atoms with Crippen LogP contribution in [0.1, 0.15) is 32.6 Å². The van der Waals surface area contributed by atoms with E-state index in [9.17, 15) is 26.8 Å². The normalized spacial score (nSPS) is 26.7. The van der Waals surface area contributed by atoms with Crippen LogP contribution in [0.5, 0.6) is 0 Å². The number of alkyl halides is 2. The predicted octanol–water partition coefficient (Wildman–Crippen LogP) is 2.84. The fraction of sp³-hybridized carbons (Fsp3) is 0.522. The number of carbonyl (C=O) groups excluding carboxylic acids is 2. The van der Waals surface area contributed by atoms with Gasteiger partial charge in [0.1, 0.15) is 0 Å². The monoisotopic (exact) mass is 526 g/mol. The van der Waals surface area contributed by atoms with Crippen molar-refractivity contribution in [2.45, 2.75) is 54.2 Å². The fourth-order valence-corrected chi connectivity index (χ4v) is 7.24. The predicted molar refractivity (Wildman–Crippen MR) is 123 cm³/mol. The van der Waals surface area contributed by atoms with Gasteiger partial charge in [0.25, 0.3) is 5.92 Å². The van der Waals surface area contributed by atoms with Crippen molar-refractivity contribution in [2.24, 2.45) is 11.8 Å². The largest absolute Gasteiger partial charge is 0.351 e. The van der Waals surface area contributed by atoms with Gasteiger partial charge >= 0.3 is 0 Å². The zero-order valence-electron chi connectivity index (χ0n) is 19.0. The van der Waals surface area contributed by atoms with Gasteiger partial charge in [-0.2, -0.15) is 5.10 Å². The first-order valence-electron chi connectivity index (χ1n) is 11.4. The number of aromatic nitrogens is 2. The molecule has 2 heterocycles. The van der Waals surface area contributed by atoms with Gasteiger partial charge in [0.2, 0.25) is 11.8 Å². The Bertz CT molecular complexity index is 1270. The van der Waals surface area contributed by atoms with Gasteiger partial charge in [-0.1, -0.05) is 11.6 Å². The zero-order valence-corrected chi connectivity index (χ0v) is 20.5. The fourth-order valence-electron chi connectivity index (χ4n) is 4.88. The van der Waals surface area contributed by atoms with Crippen LogP contribution in [-0.2, 0) is 19.4 Å². The summed E-state index contributed by atoms with van der Waals surface area (Å²) in [4.78, 5) is 27.0. The van der Waals surface area contributed by atoms with Crippen LogP contribution in [0.3, 0.4) is 0 Å². The van der Waals surface area contributed by atoms with E-state index in [4.69, 9.17) is 11.6 Å². The molecule has 3 atom stereocenters. The van der Waals surface area contributed by atoms with Crippen LogP contribution in [-0.4, -0.2) is 64.7 Å². The van der Waals surface area contributed by atoms with Crippen molar-refractivity contribution >= 4 is 33.3 Å². The molecular weight excluding hydrogens is 502 g/mol. The van der Waals surface area contributed by atoms with E-state index in [1.807, 2.05) is 6.92 Å². The minimum Gasteiger partial charge on any atom is -0.351 e. The molecule has 2 aromatic rings. The molecule has 2 amide bonds. The summed E-state index contributed by atoms with van der Waals surface area (Å²) in [7, 11) is -4.01. The third kappa shape index (κ3) is 4.55. The second-order valence-corrected chi connectivity index (χ2v) is 12.6. The molecule has 8 nitrogen and oxygen atoms in total. The Balaban J connectivity index is 1.41. The lowest BCUT2D eigenvalue weighted by atomic mass is 9.92. The number of hydrogen-bond acceptors (Lipinski definition) is 5. The highest BCUT2D eigenvalue weighted by Crippen LogP contribution is 2.43. The smallest absolute Gasteiger partial charge is 0.282 e. The molecule has 0 bridgehead atoms. The Morgan fingerprint density at radius 1 is 1.17 bits per heavy atom. The summed E-state index contributed by atoms with van der Waals surface area (Å²) in [6.45, 7) is 0.445. The topological polar surface area (TPSA) is 101 Å². The number of carbonyl (C=O) groups is 2. The molecule has 1 aromatic carbocycles. The summed E-state index contributed by atoms with van der Waals surface area (Å²) < 4.78 is 55.5. The van der Waals surface area contributed by atoms with Gasteiger partial charge in [0.05, 0.1) is 45.8 Å². The molecule has 3 fully saturated rings. The second-order valence-electron chi connectivity index (χ2n) is 10.0. The number of sulfone groups is 1. The lowest BCUT2D eigenvalue weighted by Crippen LogP contribution is -2.60. The van der Waals surface area contributed by atoms with E-state index in [-0.39, 0.29) is 28.3 Å². The first kappa shape index (κ1) is 24.2. The maximum Gasteiger partial charge on any atom is 0.282 e. The van der Waals surface area contributed by atoms with Crippen molar-refractivity contribution in [2.75, 3.05) is 13.1 Å². The van der Waals surface area contributed by atoms with E-state index in [1.165, 1.54) is 16.8 Å². The van der Waals surface area contributed by atoms with Crippen molar-refractivity contribution in [3.63, 3.8) is 0 Å². The lowest BCUT2D eigenvalue weighted by Gasteiger charge is -2.40. The van der Waals surface area contributed by atoms with Crippen LogP contribution in [0.2, 0.25) is 5.02 Å². The van der Waals surface area contributed by atoms with Crippen LogP contribution in [0.15, 0.2) is 41.6 Å². The molecule has 1 aromatic heterocycles. The second kappa shape index (κ2) is 8.26. The molecule has 5 rings (SSSR count). The Morgan fingerprint density at radius 3 is 2.43 bits per heavy atom. The average molecular weight is 527 g/mol. The van der Waals surface area contributed by atoms with Crippen molar-refractivity contribution < 1.29 is 26.8 Å². The van der Waals surface area contributed by atoms with E-state index in [1.54, 1.807) is 24.5 Å². The zero-order chi connectivity index (χ0) is 25.2. The van der Waals surface area contributed by atoms with E-state index in [0.29, 0.717) is 5.69 Å². The van der Waals surface area contributed by atoms with Gasteiger partial charge in [0, 0.05) is 17.9 Å². The van der Waals surface area contributed by atoms with Crippen LogP contribution in [0.4, 0.5) is 8.78 Å². The average Bonchev–Trinajstić information content (AvgIpc) is 3.19. The highest BCUT2D eigenvalue weighted by Gasteiger charge is 2.54. The molecular formula is C23H25ClF2N4O4S. The molecule has 35 heavy (non-hydrogen) atoms. The van der Waals surface area contributed by atoms with Crippen LogP contribution < -0.4 is 5.32 Å². The number of nitrogens with zero attached hydrogens (tertiary/aromatic N) is 3. The highest BCUT2D eigenvalue weighted by atomic mass is 35.5. The Labute approximate surface area is 206 Å². The first-order chi connectivity index (χ1) is 16.4. The van der Waals surface area contributed by atoms with Gasteiger partial charge in [-0.05, 0) is 56.9 Å². The number of rotatable bonds is 6. The van der Waals surface area contributed by atoms with Gasteiger partial charge in [-0.25, -0.2) is 21.9 Å². The third-order valence-corrected chi connectivity index (χ3v) is 9.84. The molecule has 188 valence electrons. The van der Waals surface area contributed by atoms with Crippen LogP contribution in [0, 0.1) is 11.8 Å². The summed E-state index contributed by atoms with van der Waals surface area (Å²) in [5, 5.41) is 5.96. The van der Waals surface area contributed by atoms with E-state index in [0.717, 1.165) is 17.7 Å². The number of benzene rings is 1. The van der Waals surface area contributed by atoms with Gasteiger partial charge in [-0.3, -0.25) is 9.59 Å². The molecule has 0 unspecified atom stereocenters. The molecule has 1 aliphatic heterocycles. The molecule has 2 aliphatic carbocycles. The summed E-state index contributed by atoms with van der Waals surface area (Å²) in [5.41, 5.74) is 0.212. The van der Waals surface area contributed by atoms with Crippen LogP contribution >= 0.6 is 11.6 Å². The minimum absolute atomic E-state index is 0.00153. The molecule has 1 saturated heterocycles. The van der Waals surface area contributed by atoms with Gasteiger partial charge in [0.15, 0.2) is 9.84 Å². The quantitative estimate of drug-likeness (QED) is 0.624. The molecule has 3 aliphatic rings. The molecule has 2 saturated carbocycles. The summed E-state index contributed by atoms with van der Waals surface area (Å²) in [6.07, 6.45) is 4.65. The van der Waals surface area contributed by atoms with E-state index < -0.39 is 57.7 Å². The Morgan fingerprint density at radius 2 is 1.86 bits per heavy atom. The van der Waals surface area contributed by atoms with Gasteiger partial charge in [-0.15, -0.1) is 0 Å². The molecule has 0 radical (unpaired) electrons. The summed E-state index contributed by atoms with van der Waals surface area (Å²) in [5.74, 6) is -5.88.